The Morgan fingerprint density at radius 1 is 1.12 bits per heavy atom. The molecule has 1 aromatic carbocycles. The number of hydrogen-bond acceptors (Lipinski definition) is 5. The summed E-state index contributed by atoms with van der Waals surface area (Å²) in [7, 11) is 1.49. The lowest BCUT2D eigenvalue weighted by molar-refractivity contribution is -0.116. The number of carbonyl (C=O) groups is 1. The summed E-state index contributed by atoms with van der Waals surface area (Å²) in [5, 5.41) is 3.01. The zero-order valence-electron chi connectivity index (χ0n) is 18.9. The topological polar surface area (TPSA) is 100 Å². The van der Waals surface area contributed by atoms with Gasteiger partial charge in [0.15, 0.2) is 11.2 Å². The van der Waals surface area contributed by atoms with Crippen LogP contribution in [0.25, 0.3) is 11.2 Å². The third-order valence-corrected chi connectivity index (χ3v) is 5.13. The number of nitrogens with zero attached hydrogens (tertiary/aromatic N) is 4. The number of nitrogens with one attached hydrogen (secondary N) is 1. The van der Waals surface area contributed by atoms with Crippen molar-refractivity contribution >= 4 is 34.4 Å². The summed E-state index contributed by atoms with van der Waals surface area (Å²) in [6.45, 7) is 8.52. The summed E-state index contributed by atoms with van der Waals surface area (Å²) in [5.74, 6) is 0.373. The fourth-order valence-corrected chi connectivity index (χ4v) is 3.79. The van der Waals surface area contributed by atoms with Gasteiger partial charge in [0.25, 0.3) is 5.56 Å². The molecule has 1 amide bonds. The van der Waals surface area contributed by atoms with E-state index in [1.165, 1.54) is 11.7 Å². The number of anilines is 1. The second-order valence-corrected chi connectivity index (χ2v) is 8.95. The van der Waals surface area contributed by atoms with E-state index in [0.717, 1.165) is 4.57 Å². The summed E-state index contributed by atoms with van der Waals surface area (Å²) in [5.41, 5.74) is -0.00514. The molecule has 0 aliphatic rings. The molecule has 9 nitrogen and oxygen atoms in total. The number of aromatic nitrogens is 4. The minimum absolute atomic E-state index is 0.146. The Hall–Kier alpha value is -3.07. The van der Waals surface area contributed by atoms with Crippen molar-refractivity contribution in [2.45, 2.75) is 47.3 Å². The van der Waals surface area contributed by atoms with Crippen LogP contribution >= 0.6 is 11.6 Å². The average molecular weight is 462 g/mol. The number of fused-ring (bicyclic) bond motifs is 1. The molecule has 0 aliphatic carbocycles. The maximum atomic E-state index is 13.2. The van der Waals surface area contributed by atoms with E-state index in [9.17, 15) is 14.4 Å². The first-order chi connectivity index (χ1) is 15.1. The van der Waals surface area contributed by atoms with Crippen LogP contribution in [0.2, 0.25) is 5.02 Å². The predicted molar refractivity (Wildman–Crippen MR) is 125 cm³/mol. The average Bonchev–Trinajstić information content (AvgIpc) is 3.11. The lowest BCUT2D eigenvalue weighted by Gasteiger charge is -2.15. The van der Waals surface area contributed by atoms with Crippen molar-refractivity contribution in [2.24, 2.45) is 11.8 Å². The van der Waals surface area contributed by atoms with Crippen molar-refractivity contribution < 1.29 is 9.53 Å². The van der Waals surface area contributed by atoms with Crippen molar-refractivity contribution in [3.05, 3.63) is 50.4 Å². The molecule has 0 saturated carbocycles. The van der Waals surface area contributed by atoms with Gasteiger partial charge in [-0.25, -0.2) is 14.3 Å². The molecule has 32 heavy (non-hydrogen) atoms. The fourth-order valence-electron chi connectivity index (χ4n) is 3.53. The van der Waals surface area contributed by atoms with Crippen LogP contribution in [0.3, 0.4) is 0 Å². The molecule has 0 aliphatic heterocycles. The van der Waals surface area contributed by atoms with Gasteiger partial charge in [0.2, 0.25) is 5.91 Å². The number of amides is 1. The number of hydrogen-bond donors (Lipinski definition) is 1. The minimum Gasteiger partial charge on any atom is -0.495 e. The molecule has 2 aromatic heterocycles. The van der Waals surface area contributed by atoms with Gasteiger partial charge in [-0.2, -0.15) is 0 Å². The molecule has 10 heteroatoms. The van der Waals surface area contributed by atoms with Crippen molar-refractivity contribution in [2.75, 3.05) is 12.4 Å². The highest BCUT2D eigenvalue weighted by molar-refractivity contribution is 6.32. The van der Waals surface area contributed by atoms with E-state index in [1.54, 1.807) is 29.1 Å². The molecule has 0 bridgehead atoms. The lowest BCUT2D eigenvalue weighted by atomic mass is 10.2. The maximum absolute atomic E-state index is 13.2. The first kappa shape index (κ1) is 23.6. The first-order valence-corrected chi connectivity index (χ1v) is 10.8. The van der Waals surface area contributed by atoms with Crippen LogP contribution in [0.1, 0.15) is 27.7 Å². The van der Waals surface area contributed by atoms with Crippen LogP contribution in [-0.4, -0.2) is 31.7 Å². The number of rotatable bonds is 8. The summed E-state index contributed by atoms with van der Waals surface area (Å²) in [6, 6.07) is 4.79. The van der Waals surface area contributed by atoms with Crippen molar-refractivity contribution in [1.82, 2.24) is 18.7 Å². The second-order valence-electron chi connectivity index (χ2n) is 8.54. The van der Waals surface area contributed by atoms with Gasteiger partial charge in [0.1, 0.15) is 12.3 Å². The number of methoxy groups -OCH3 is 1. The molecular formula is C22H28ClN5O4. The van der Waals surface area contributed by atoms with Crippen LogP contribution in [0, 0.1) is 11.8 Å². The van der Waals surface area contributed by atoms with E-state index < -0.39 is 23.7 Å². The van der Waals surface area contributed by atoms with E-state index in [4.69, 9.17) is 16.3 Å². The molecule has 0 spiro atoms. The Kier molecular flexibility index (Phi) is 7.08. The molecule has 1 N–H and O–H groups in total. The maximum Gasteiger partial charge on any atom is 0.333 e. The van der Waals surface area contributed by atoms with Crippen molar-refractivity contribution in [3.8, 4) is 5.75 Å². The standard InChI is InChI=1S/C22H28ClN5O4/c1-13(2)9-26-12-24-20-19(26)21(30)28(22(31)27(20)10-14(3)4)11-18(29)25-15-6-7-17(32-5)16(23)8-15/h6-8,12-14H,9-11H2,1-5H3,(H,25,29). The van der Waals surface area contributed by atoms with Crippen LogP contribution in [0.5, 0.6) is 5.75 Å². The summed E-state index contributed by atoms with van der Waals surface area (Å²) < 4.78 is 9.28. The Labute approximate surface area is 190 Å². The van der Waals surface area contributed by atoms with Crippen LogP contribution in [0.15, 0.2) is 34.1 Å². The molecule has 0 fully saturated rings. The van der Waals surface area contributed by atoms with Crippen LogP contribution < -0.4 is 21.3 Å². The van der Waals surface area contributed by atoms with E-state index in [1.807, 2.05) is 27.7 Å². The van der Waals surface area contributed by atoms with Crippen LogP contribution in [0.4, 0.5) is 5.69 Å². The van der Waals surface area contributed by atoms with Crippen molar-refractivity contribution in [3.63, 3.8) is 0 Å². The molecule has 0 unspecified atom stereocenters. The van der Waals surface area contributed by atoms with Gasteiger partial charge in [-0.05, 0) is 30.0 Å². The van der Waals surface area contributed by atoms with Gasteiger partial charge in [0.05, 0.1) is 18.5 Å². The molecule has 172 valence electrons. The number of ether oxygens (including phenoxy) is 1. The smallest absolute Gasteiger partial charge is 0.333 e. The van der Waals surface area contributed by atoms with E-state index in [2.05, 4.69) is 10.3 Å². The largest absolute Gasteiger partial charge is 0.495 e. The Morgan fingerprint density at radius 2 is 1.81 bits per heavy atom. The lowest BCUT2D eigenvalue weighted by Crippen LogP contribution is -2.43. The van der Waals surface area contributed by atoms with Gasteiger partial charge < -0.3 is 14.6 Å². The fraction of sp³-hybridized carbons (Fsp3) is 0.455. The van der Waals surface area contributed by atoms with E-state index in [-0.39, 0.29) is 11.8 Å². The summed E-state index contributed by atoms with van der Waals surface area (Å²) in [4.78, 5) is 43.5. The number of halogens is 1. The monoisotopic (exact) mass is 461 g/mol. The first-order valence-electron chi connectivity index (χ1n) is 10.4. The minimum atomic E-state index is -0.561. The van der Waals surface area contributed by atoms with Gasteiger partial charge in [0, 0.05) is 18.8 Å². The molecule has 0 saturated heterocycles. The Bertz CT molecular complexity index is 1260. The zero-order valence-corrected chi connectivity index (χ0v) is 19.6. The van der Waals surface area contributed by atoms with Gasteiger partial charge in [-0.15, -0.1) is 0 Å². The molecule has 0 radical (unpaired) electrons. The van der Waals surface area contributed by atoms with Gasteiger partial charge >= 0.3 is 5.69 Å². The predicted octanol–water partition coefficient (Wildman–Crippen LogP) is 2.97. The van der Waals surface area contributed by atoms with E-state index in [0.29, 0.717) is 40.7 Å². The third-order valence-electron chi connectivity index (χ3n) is 4.83. The molecule has 3 rings (SSSR count). The molecule has 3 aromatic rings. The third kappa shape index (κ3) is 4.88. The Morgan fingerprint density at radius 3 is 2.41 bits per heavy atom. The quantitative estimate of drug-likeness (QED) is 0.555. The van der Waals surface area contributed by atoms with E-state index >= 15 is 0 Å². The number of imidazole rings is 1. The highest BCUT2D eigenvalue weighted by atomic mass is 35.5. The van der Waals surface area contributed by atoms with Crippen molar-refractivity contribution in [1.29, 1.82) is 0 Å². The summed E-state index contributed by atoms with van der Waals surface area (Å²) >= 11 is 6.11. The number of benzene rings is 1. The second kappa shape index (κ2) is 9.60. The Balaban J connectivity index is 2.03. The number of carbonyl (C=O) groups excluding carboxylic acids is 1. The zero-order chi connectivity index (χ0) is 23.6. The van der Waals surface area contributed by atoms with Gasteiger partial charge in [-0.3, -0.25) is 14.2 Å². The highest BCUT2D eigenvalue weighted by Gasteiger charge is 2.20. The summed E-state index contributed by atoms with van der Waals surface area (Å²) in [6.07, 6.45) is 1.58. The SMILES string of the molecule is COc1ccc(NC(=O)Cn2c(=O)c3c(ncn3CC(C)C)n(CC(C)C)c2=O)cc1Cl. The molecule has 2 heterocycles. The molecule has 0 atom stereocenters. The normalized spacial score (nSPS) is 11.5. The van der Waals surface area contributed by atoms with Gasteiger partial charge in [-0.1, -0.05) is 39.3 Å². The van der Waals surface area contributed by atoms with Crippen LogP contribution in [-0.2, 0) is 24.4 Å². The highest BCUT2D eigenvalue weighted by Crippen LogP contribution is 2.27. The molecular weight excluding hydrogens is 434 g/mol.